The number of rotatable bonds is 3. The number of likely N-dealkylation sites (tertiary alicyclic amines) is 1. The van der Waals surface area contributed by atoms with E-state index in [1.54, 1.807) is 4.90 Å². The van der Waals surface area contributed by atoms with E-state index in [0.717, 1.165) is 18.8 Å². The Labute approximate surface area is 168 Å². The second kappa shape index (κ2) is 8.84. The smallest absolute Gasteiger partial charge is 0.410 e. The maximum Gasteiger partial charge on any atom is 0.410 e. The van der Waals surface area contributed by atoms with E-state index in [2.05, 4.69) is 22.3 Å². The molecule has 154 valence electrons. The normalized spacial score (nSPS) is 18.7. The van der Waals surface area contributed by atoms with Crippen LogP contribution in [-0.2, 0) is 9.53 Å². The predicted molar refractivity (Wildman–Crippen MR) is 112 cm³/mol. The van der Waals surface area contributed by atoms with Gasteiger partial charge in [0, 0.05) is 43.5 Å². The third kappa shape index (κ3) is 5.63. The average Bonchev–Trinajstić information content (AvgIpc) is 2.68. The monoisotopic (exact) mass is 387 g/mol. The van der Waals surface area contributed by atoms with Crippen LogP contribution in [0.25, 0.3) is 0 Å². The highest BCUT2D eigenvalue weighted by atomic mass is 16.6. The molecule has 0 aliphatic carbocycles. The second-order valence-corrected chi connectivity index (χ2v) is 8.83. The first kappa shape index (κ1) is 20.5. The van der Waals surface area contributed by atoms with Crippen LogP contribution in [0.1, 0.15) is 52.9 Å². The fourth-order valence-corrected chi connectivity index (χ4v) is 3.83. The number of carbonyl (C=O) groups excluding carboxylic acids is 2. The van der Waals surface area contributed by atoms with E-state index in [1.165, 1.54) is 24.9 Å². The minimum absolute atomic E-state index is 0.0413. The maximum absolute atomic E-state index is 12.7. The van der Waals surface area contributed by atoms with Gasteiger partial charge in [-0.15, -0.1) is 0 Å². The van der Waals surface area contributed by atoms with Crippen LogP contribution in [0.4, 0.5) is 16.2 Å². The van der Waals surface area contributed by atoms with Crippen LogP contribution in [-0.4, -0.2) is 48.7 Å². The lowest BCUT2D eigenvalue weighted by molar-refractivity contribution is -0.121. The van der Waals surface area contributed by atoms with Crippen molar-refractivity contribution in [2.24, 2.45) is 5.92 Å². The molecule has 2 fully saturated rings. The highest BCUT2D eigenvalue weighted by molar-refractivity contribution is 5.93. The molecule has 0 saturated carbocycles. The Balaban J connectivity index is 1.51. The molecule has 1 aromatic rings. The zero-order valence-corrected chi connectivity index (χ0v) is 17.4. The van der Waals surface area contributed by atoms with Crippen molar-refractivity contribution >= 4 is 23.4 Å². The SMILES string of the molecule is CC(C)(C)OC(=O)N1CCC(C(=O)Nc2cccc(N3CCCCC3)c2)CC1. The van der Waals surface area contributed by atoms with Gasteiger partial charge in [0.2, 0.25) is 5.91 Å². The molecule has 1 N–H and O–H groups in total. The van der Waals surface area contributed by atoms with Gasteiger partial charge in [-0.3, -0.25) is 4.79 Å². The molecule has 28 heavy (non-hydrogen) atoms. The van der Waals surface area contributed by atoms with E-state index in [4.69, 9.17) is 4.74 Å². The molecule has 0 unspecified atom stereocenters. The van der Waals surface area contributed by atoms with Crippen molar-refractivity contribution in [2.75, 3.05) is 36.4 Å². The van der Waals surface area contributed by atoms with Gasteiger partial charge < -0.3 is 19.9 Å². The Morgan fingerprint density at radius 3 is 2.36 bits per heavy atom. The number of hydrogen-bond acceptors (Lipinski definition) is 4. The number of anilines is 2. The Hall–Kier alpha value is -2.24. The number of piperidine rings is 2. The van der Waals surface area contributed by atoms with Crippen LogP contribution in [0.2, 0.25) is 0 Å². The third-order valence-corrected chi connectivity index (χ3v) is 5.35. The van der Waals surface area contributed by atoms with Crippen molar-refractivity contribution < 1.29 is 14.3 Å². The molecule has 0 aromatic heterocycles. The molecule has 0 atom stereocenters. The number of amides is 2. The molecule has 3 rings (SSSR count). The lowest BCUT2D eigenvalue weighted by Gasteiger charge is -2.33. The minimum atomic E-state index is -0.495. The van der Waals surface area contributed by atoms with E-state index in [1.807, 2.05) is 32.9 Å². The summed E-state index contributed by atoms with van der Waals surface area (Å²) >= 11 is 0. The summed E-state index contributed by atoms with van der Waals surface area (Å²) in [5, 5.41) is 3.07. The summed E-state index contributed by atoms with van der Waals surface area (Å²) in [4.78, 5) is 29.0. The zero-order chi connectivity index (χ0) is 20.1. The van der Waals surface area contributed by atoms with Crippen LogP contribution in [0.15, 0.2) is 24.3 Å². The Bertz CT molecular complexity index is 685. The Morgan fingerprint density at radius 1 is 1.04 bits per heavy atom. The van der Waals surface area contributed by atoms with Crippen molar-refractivity contribution in [3.8, 4) is 0 Å². The fourth-order valence-electron chi connectivity index (χ4n) is 3.83. The van der Waals surface area contributed by atoms with Gasteiger partial charge >= 0.3 is 6.09 Å². The summed E-state index contributed by atoms with van der Waals surface area (Å²) in [6.07, 6.45) is 4.79. The lowest BCUT2D eigenvalue weighted by atomic mass is 9.96. The van der Waals surface area contributed by atoms with Crippen molar-refractivity contribution in [1.29, 1.82) is 0 Å². The third-order valence-electron chi connectivity index (χ3n) is 5.35. The van der Waals surface area contributed by atoms with Crippen LogP contribution in [0.3, 0.4) is 0 Å². The summed E-state index contributed by atoms with van der Waals surface area (Å²) in [6, 6.07) is 8.13. The van der Waals surface area contributed by atoms with Crippen LogP contribution in [0.5, 0.6) is 0 Å². The lowest BCUT2D eigenvalue weighted by Crippen LogP contribution is -2.43. The number of nitrogens with one attached hydrogen (secondary N) is 1. The molecule has 0 bridgehead atoms. The van der Waals surface area contributed by atoms with E-state index < -0.39 is 5.60 Å². The van der Waals surface area contributed by atoms with Gasteiger partial charge in [0.25, 0.3) is 0 Å². The predicted octanol–water partition coefficient (Wildman–Crippen LogP) is 4.26. The summed E-state index contributed by atoms with van der Waals surface area (Å²) in [7, 11) is 0. The average molecular weight is 388 g/mol. The van der Waals surface area contributed by atoms with Gasteiger partial charge in [0.15, 0.2) is 0 Å². The van der Waals surface area contributed by atoms with E-state index >= 15 is 0 Å². The largest absolute Gasteiger partial charge is 0.444 e. The van der Waals surface area contributed by atoms with Crippen molar-refractivity contribution in [3.63, 3.8) is 0 Å². The number of benzene rings is 1. The van der Waals surface area contributed by atoms with Gasteiger partial charge in [0.05, 0.1) is 0 Å². The van der Waals surface area contributed by atoms with Crippen molar-refractivity contribution in [1.82, 2.24) is 4.90 Å². The fraction of sp³-hybridized carbons (Fsp3) is 0.636. The van der Waals surface area contributed by atoms with E-state index in [-0.39, 0.29) is 17.9 Å². The first-order valence-electron chi connectivity index (χ1n) is 10.5. The van der Waals surface area contributed by atoms with Gasteiger partial charge in [-0.1, -0.05) is 6.07 Å². The summed E-state index contributed by atoms with van der Waals surface area (Å²) < 4.78 is 5.42. The molecule has 0 radical (unpaired) electrons. The molecule has 2 saturated heterocycles. The summed E-state index contributed by atoms with van der Waals surface area (Å²) in [5.74, 6) is -0.0306. The van der Waals surface area contributed by atoms with Gasteiger partial charge in [-0.05, 0) is 71.1 Å². The minimum Gasteiger partial charge on any atom is -0.444 e. The highest BCUT2D eigenvalue weighted by Crippen LogP contribution is 2.25. The van der Waals surface area contributed by atoms with E-state index in [9.17, 15) is 9.59 Å². The van der Waals surface area contributed by atoms with Gasteiger partial charge in [0.1, 0.15) is 5.60 Å². The molecular formula is C22H33N3O3. The summed E-state index contributed by atoms with van der Waals surface area (Å²) in [5.41, 5.74) is 1.53. The maximum atomic E-state index is 12.7. The number of hydrogen-bond donors (Lipinski definition) is 1. The second-order valence-electron chi connectivity index (χ2n) is 8.83. The molecule has 0 spiro atoms. The van der Waals surface area contributed by atoms with Gasteiger partial charge in [-0.2, -0.15) is 0 Å². The van der Waals surface area contributed by atoms with Crippen LogP contribution >= 0.6 is 0 Å². The molecule has 2 aliphatic heterocycles. The molecular weight excluding hydrogens is 354 g/mol. The van der Waals surface area contributed by atoms with Gasteiger partial charge in [-0.25, -0.2) is 4.79 Å². The van der Waals surface area contributed by atoms with Crippen molar-refractivity contribution in [2.45, 2.75) is 58.5 Å². The van der Waals surface area contributed by atoms with Crippen molar-refractivity contribution in [3.05, 3.63) is 24.3 Å². The number of nitrogens with zero attached hydrogens (tertiary/aromatic N) is 2. The topological polar surface area (TPSA) is 61.9 Å². The van der Waals surface area contributed by atoms with Crippen LogP contribution in [0, 0.1) is 5.92 Å². The first-order valence-corrected chi connectivity index (χ1v) is 10.5. The Morgan fingerprint density at radius 2 is 1.71 bits per heavy atom. The zero-order valence-electron chi connectivity index (χ0n) is 17.4. The van der Waals surface area contributed by atoms with E-state index in [0.29, 0.717) is 25.9 Å². The highest BCUT2D eigenvalue weighted by Gasteiger charge is 2.30. The molecule has 2 aliphatic rings. The summed E-state index contributed by atoms with van der Waals surface area (Å²) in [6.45, 7) is 8.87. The first-order chi connectivity index (χ1) is 13.3. The molecule has 6 nitrogen and oxygen atoms in total. The molecule has 2 amide bonds. The quantitative estimate of drug-likeness (QED) is 0.842. The molecule has 6 heteroatoms. The molecule has 1 aromatic carbocycles. The Kier molecular flexibility index (Phi) is 6.47. The standard InChI is InChI=1S/C22H33N3O3/c1-22(2,3)28-21(27)25-14-10-17(11-15-25)20(26)23-18-8-7-9-19(16-18)24-12-5-4-6-13-24/h7-9,16-17H,4-6,10-15H2,1-3H3,(H,23,26). The number of carbonyl (C=O) groups is 2. The number of ether oxygens (including phenoxy) is 1. The molecule has 2 heterocycles. The van der Waals surface area contributed by atoms with Crippen LogP contribution < -0.4 is 10.2 Å².